The van der Waals surface area contributed by atoms with Crippen molar-refractivity contribution in [3.8, 4) is 0 Å². The van der Waals surface area contributed by atoms with Crippen LogP contribution in [0, 0.1) is 53.3 Å². The van der Waals surface area contributed by atoms with Crippen LogP contribution in [-0.4, -0.2) is 151 Å². The standard InChI is InChI=1S/C73H113N9O16S/c1-43(2)31-59(81-67(88)57(27-30-99-6)82-72(93)98-73(3,4)5)68(89)79-56(24-26-61(84)95-53-19-11-8-12-20-53)65(86)77-54(21-13-15-28-75-70(91)96-62-49-34-45-32-46(36-49)37-50(62)35-45)64(85)78-55(23-25-60(74)83)66(87)80-58(69(90)94-42-44-17-9-7-10-18-44)22-14-16-29-76-71(92)97-63-51-38-47-33-48(40-51)41-52(63)39-47/h7,9-10,17-18,43,45-59,62-63H,8,11-16,19-42H2,1-6H3,(H2,74,83)(H,75,91)(H,76,92)(H,77,86)(H,78,85)(H,79,89)(H,80,87)(H,81,88)(H,82,93)/t45?,46?,47?,48?,49?,50?,51?,52?,54-,55-,56-,57-,58-,59-,62?,63?/m0/s1. The highest BCUT2D eigenvalue weighted by Gasteiger charge is 2.51. The molecule has 0 unspecified atom stereocenters. The van der Waals surface area contributed by atoms with Gasteiger partial charge in [0, 0.05) is 25.9 Å². The molecule has 0 radical (unpaired) electrons. The summed E-state index contributed by atoms with van der Waals surface area (Å²) in [5, 5.41) is 22.2. The number of rotatable bonds is 38. The SMILES string of the molecule is CSCC[C@H](NC(=O)OC(C)(C)C)C(=O)N[C@@H](CC(C)C)C(=O)N[C@@H](CCC(=O)OC1CCCCC1)C(=O)N[C@@H](CCCCNC(=O)OC1C2CC3CC(C2)CC1C3)C(=O)N[C@@H](CCC(N)=O)C(=O)N[C@@H](CCCCNC(=O)OC1C2CC3CC(C2)CC1C3)C(=O)OCc1ccccc1. The molecule has 99 heavy (non-hydrogen) atoms. The summed E-state index contributed by atoms with van der Waals surface area (Å²) in [4.78, 5) is 153. The van der Waals surface area contributed by atoms with Crippen molar-refractivity contribution in [1.82, 2.24) is 42.5 Å². The van der Waals surface area contributed by atoms with Gasteiger partial charge in [0.15, 0.2) is 0 Å². The number of nitrogens with two attached hydrogens (primary N) is 1. The van der Waals surface area contributed by atoms with E-state index in [2.05, 4.69) is 42.5 Å². The summed E-state index contributed by atoms with van der Waals surface area (Å²) in [5.74, 6) is -1.76. The first-order valence-electron chi connectivity index (χ1n) is 36.9. The van der Waals surface area contributed by atoms with Gasteiger partial charge in [-0.05, 0) is 246 Å². The van der Waals surface area contributed by atoms with Crippen LogP contribution in [0.5, 0.6) is 0 Å². The van der Waals surface area contributed by atoms with Crippen LogP contribution in [0.15, 0.2) is 30.3 Å². The van der Waals surface area contributed by atoms with E-state index < -0.39 is 108 Å². The molecule has 8 bridgehead atoms. The summed E-state index contributed by atoms with van der Waals surface area (Å²) < 4.78 is 29.1. The first-order valence-corrected chi connectivity index (χ1v) is 38.3. The van der Waals surface area contributed by atoms with E-state index in [0.717, 1.165) is 82.5 Å². The molecule has 0 heterocycles. The molecule has 9 aliphatic rings. The molecule has 9 aliphatic carbocycles. The summed E-state index contributed by atoms with van der Waals surface area (Å²) in [5.41, 5.74) is 5.47. The lowest BCUT2D eigenvalue weighted by molar-refractivity contribution is -0.151. The second-order valence-electron chi connectivity index (χ2n) is 30.7. The summed E-state index contributed by atoms with van der Waals surface area (Å²) in [7, 11) is 0. The number of primary amides is 1. The lowest BCUT2D eigenvalue weighted by atomic mass is 9.55. The highest BCUT2D eigenvalue weighted by Crippen LogP contribution is 2.56. The topological polar surface area (TPSA) is 356 Å². The van der Waals surface area contributed by atoms with Crippen LogP contribution in [-0.2, 0) is 68.6 Å². The minimum atomic E-state index is -1.52. The molecule has 26 heteroatoms. The van der Waals surface area contributed by atoms with Gasteiger partial charge >= 0.3 is 30.2 Å². The molecule has 0 spiro atoms. The largest absolute Gasteiger partial charge is 0.462 e. The van der Waals surface area contributed by atoms with Gasteiger partial charge in [-0.3, -0.25) is 33.6 Å². The van der Waals surface area contributed by atoms with Gasteiger partial charge < -0.3 is 72.0 Å². The van der Waals surface area contributed by atoms with Crippen molar-refractivity contribution in [2.45, 2.75) is 275 Å². The van der Waals surface area contributed by atoms with E-state index in [-0.39, 0.29) is 102 Å². The van der Waals surface area contributed by atoms with E-state index in [1.54, 1.807) is 45.0 Å². The first-order chi connectivity index (χ1) is 47.3. The fourth-order valence-electron chi connectivity index (χ4n) is 16.7. The summed E-state index contributed by atoms with van der Waals surface area (Å²) in [6.45, 7) is 9.00. The lowest BCUT2D eigenvalue weighted by Gasteiger charge is -2.53. The van der Waals surface area contributed by atoms with Crippen LogP contribution in [0.4, 0.5) is 14.4 Å². The fourth-order valence-corrected chi connectivity index (χ4v) is 17.1. The number of carbonyl (C=O) groups excluding carboxylic acids is 11. The molecule has 552 valence electrons. The zero-order valence-corrected chi connectivity index (χ0v) is 60.0. The molecule has 6 atom stereocenters. The smallest absolute Gasteiger partial charge is 0.408 e. The van der Waals surface area contributed by atoms with Crippen molar-refractivity contribution in [3.63, 3.8) is 0 Å². The molecule has 1 aromatic carbocycles. The van der Waals surface area contributed by atoms with Gasteiger partial charge in [-0.15, -0.1) is 0 Å². The van der Waals surface area contributed by atoms with E-state index in [0.29, 0.717) is 78.9 Å². The van der Waals surface area contributed by atoms with Gasteiger partial charge in [0.2, 0.25) is 35.4 Å². The Balaban J connectivity index is 0.978. The van der Waals surface area contributed by atoms with E-state index in [9.17, 15) is 43.2 Å². The number of hydrogen-bond acceptors (Lipinski definition) is 17. The second kappa shape index (κ2) is 38.3. The average Bonchev–Trinajstić information content (AvgIpc) is 0.771. The summed E-state index contributed by atoms with van der Waals surface area (Å²) in [6.07, 6.45) is 14.8. The molecule has 1 aromatic rings. The normalized spacial score (nSPS) is 25.2. The Morgan fingerprint density at radius 1 is 0.505 bits per heavy atom. The van der Waals surface area contributed by atoms with Gasteiger partial charge in [-0.1, -0.05) is 50.6 Å². The van der Waals surface area contributed by atoms with Gasteiger partial charge in [-0.25, -0.2) is 19.2 Å². The number of ether oxygens (including phenoxy) is 5. The Hall–Kier alpha value is -6.86. The summed E-state index contributed by atoms with van der Waals surface area (Å²) in [6, 6.07) is 0.795. The van der Waals surface area contributed by atoms with E-state index in [1.807, 2.05) is 26.2 Å². The van der Waals surface area contributed by atoms with Crippen LogP contribution in [0.25, 0.3) is 0 Å². The monoisotopic (exact) mass is 1400 g/mol. The zero-order chi connectivity index (χ0) is 71.2. The molecule has 0 saturated heterocycles. The van der Waals surface area contributed by atoms with Crippen LogP contribution < -0.4 is 48.3 Å². The highest BCUT2D eigenvalue weighted by atomic mass is 32.2. The summed E-state index contributed by atoms with van der Waals surface area (Å²) >= 11 is 1.45. The van der Waals surface area contributed by atoms with Crippen LogP contribution in [0.1, 0.15) is 214 Å². The number of benzene rings is 1. The van der Waals surface area contributed by atoms with Crippen LogP contribution in [0.2, 0.25) is 0 Å². The van der Waals surface area contributed by atoms with Crippen molar-refractivity contribution in [2.75, 3.05) is 25.1 Å². The van der Waals surface area contributed by atoms with Crippen LogP contribution in [0.3, 0.4) is 0 Å². The minimum absolute atomic E-state index is 0.0513. The Bertz CT molecular complexity index is 2830. The third kappa shape index (κ3) is 25.3. The van der Waals surface area contributed by atoms with Gasteiger partial charge in [0.1, 0.15) is 66.8 Å². The molecule has 9 amide bonds. The van der Waals surface area contributed by atoms with Crippen molar-refractivity contribution < 1.29 is 76.4 Å². The maximum Gasteiger partial charge on any atom is 0.408 e. The Kier molecular flexibility index (Phi) is 30.1. The number of carbonyl (C=O) groups is 11. The number of amides is 9. The maximum atomic E-state index is 15.0. The number of nitrogens with one attached hydrogen (secondary N) is 8. The molecular formula is C73H113N9O16S. The molecule has 9 saturated carbocycles. The van der Waals surface area contributed by atoms with E-state index >= 15 is 9.59 Å². The molecule has 10 N–H and O–H groups in total. The van der Waals surface area contributed by atoms with Crippen molar-refractivity contribution in [3.05, 3.63) is 35.9 Å². The molecule has 0 aromatic heterocycles. The number of esters is 2. The van der Waals surface area contributed by atoms with Crippen molar-refractivity contribution >= 4 is 77.4 Å². The molecular weight excluding hydrogens is 1290 g/mol. The van der Waals surface area contributed by atoms with Gasteiger partial charge in [0.25, 0.3) is 0 Å². The van der Waals surface area contributed by atoms with Crippen molar-refractivity contribution in [1.29, 1.82) is 0 Å². The van der Waals surface area contributed by atoms with Gasteiger partial charge in [-0.2, -0.15) is 11.8 Å². The average molecular weight is 1400 g/mol. The lowest BCUT2D eigenvalue weighted by Crippen LogP contribution is -2.59. The van der Waals surface area contributed by atoms with E-state index in [1.165, 1.54) is 24.6 Å². The maximum absolute atomic E-state index is 15.0. The number of alkyl carbamates (subject to hydrolysis) is 3. The van der Waals surface area contributed by atoms with Crippen LogP contribution >= 0.6 is 11.8 Å². The molecule has 0 aliphatic heterocycles. The second-order valence-corrected chi connectivity index (χ2v) is 31.7. The molecule has 25 nitrogen and oxygen atoms in total. The Morgan fingerprint density at radius 2 is 0.939 bits per heavy atom. The number of unbranched alkanes of at least 4 members (excludes halogenated alkanes) is 2. The predicted octanol–water partition coefficient (Wildman–Crippen LogP) is 8.21. The molecule has 10 rings (SSSR count). The third-order valence-electron chi connectivity index (χ3n) is 21.0. The highest BCUT2D eigenvalue weighted by molar-refractivity contribution is 7.98. The van der Waals surface area contributed by atoms with Crippen molar-refractivity contribution in [2.24, 2.45) is 59.0 Å². The number of hydrogen-bond donors (Lipinski definition) is 9. The Morgan fingerprint density at radius 3 is 1.40 bits per heavy atom. The predicted molar refractivity (Wildman–Crippen MR) is 370 cm³/mol. The first kappa shape index (κ1) is 77.9. The van der Waals surface area contributed by atoms with Gasteiger partial charge in [0.05, 0.1) is 0 Å². The Labute approximate surface area is 588 Å². The molecule has 9 fully saturated rings. The fraction of sp³-hybridized carbons (Fsp3) is 0.767. The minimum Gasteiger partial charge on any atom is -0.462 e. The zero-order valence-electron chi connectivity index (χ0n) is 59.2. The number of thioether (sulfide) groups is 1. The quantitative estimate of drug-likeness (QED) is 0.0171. The van der Waals surface area contributed by atoms with E-state index in [4.69, 9.17) is 29.4 Å². The third-order valence-corrected chi connectivity index (χ3v) is 21.6.